The first-order valence-corrected chi connectivity index (χ1v) is 9.08. The summed E-state index contributed by atoms with van der Waals surface area (Å²) in [6.45, 7) is 5.55. The van der Waals surface area contributed by atoms with Crippen molar-refractivity contribution in [2.45, 2.75) is 64.1 Å². The van der Waals surface area contributed by atoms with Crippen LogP contribution in [-0.2, 0) is 4.74 Å². The number of amides is 1. The lowest BCUT2D eigenvalue weighted by molar-refractivity contribution is 0.00254. The molecule has 2 fully saturated rings. The Morgan fingerprint density at radius 1 is 1.15 bits per heavy atom. The molecule has 1 amide bonds. The second-order valence-electron chi connectivity index (χ2n) is 8.15. The maximum atomic E-state index is 13.9. The number of piperidine rings is 1. The van der Waals surface area contributed by atoms with Crippen LogP contribution in [0.2, 0.25) is 0 Å². The molecule has 0 aliphatic carbocycles. The molecule has 0 saturated carbocycles. The SMILES string of the molecule is COc1ccc(C(=O)C2CC3CCC(C2)N3C(=O)OC(C)(C)C)cc1F. The molecule has 0 radical (unpaired) electrons. The third kappa shape index (κ3) is 3.69. The van der Waals surface area contributed by atoms with Crippen molar-refractivity contribution in [2.24, 2.45) is 5.92 Å². The lowest BCUT2D eigenvalue weighted by Gasteiger charge is -2.39. The molecule has 2 aliphatic rings. The Kier molecular flexibility index (Phi) is 4.95. The minimum atomic E-state index is -0.538. The summed E-state index contributed by atoms with van der Waals surface area (Å²) >= 11 is 0. The molecule has 0 spiro atoms. The lowest BCUT2D eigenvalue weighted by Crippen LogP contribution is -2.49. The number of methoxy groups -OCH3 is 1. The van der Waals surface area contributed by atoms with E-state index in [0.29, 0.717) is 18.4 Å². The van der Waals surface area contributed by atoms with Crippen LogP contribution in [0.25, 0.3) is 0 Å². The van der Waals surface area contributed by atoms with Crippen molar-refractivity contribution in [2.75, 3.05) is 7.11 Å². The summed E-state index contributed by atoms with van der Waals surface area (Å²) in [5.41, 5.74) is -0.178. The standard InChI is InChI=1S/C20H26FNO4/c1-20(2,3)26-19(24)22-14-6-7-15(22)10-13(9-14)18(23)12-5-8-17(25-4)16(21)11-12/h5,8,11,13-15H,6-7,9-10H2,1-4H3. The van der Waals surface area contributed by atoms with Crippen LogP contribution in [0.1, 0.15) is 56.8 Å². The molecule has 2 heterocycles. The number of fused-ring (bicyclic) bond motifs is 2. The maximum absolute atomic E-state index is 13.9. The zero-order valence-corrected chi connectivity index (χ0v) is 15.8. The molecule has 1 aromatic rings. The van der Waals surface area contributed by atoms with Gasteiger partial charge in [-0.25, -0.2) is 9.18 Å². The van der Waals surface area contributed by atoms with Gasteiger partial charge >= 0.3 is 6.09 Å². The molecule has 2 bridgehead atoms. The van der Waals surface area contributed by atoms with E-state index in [0.717, 1.165) is 12.8 Å². The van der Waals surface area contributed by atoms with Gasteiger partial charge in [-0.05, 0) is 64.7 Å². The number of hydrogen-bond acceptors (Lipinski definition) is 4. The van der Waals surface area contributed by atoms with Crippen LogP contribution in [0.15, 0.2) is 18.2 Å². The molecule has 26 heavy (non-hydrogen) atoms. The summed E-state index contributed by atoms with van der Waals surface area (Å²) < 4.78 is 24.3. The number of benzene rings is 1. The first-order valence-electron chi connectivity index (χ1n) is 9.08. The third-order valence-electron chi connectivity index (χ3n) is 5.14. The van der Waals surface area contributed by atoms with Crippen LogP contribution in [-0.4, -0.2) is 41.6 Å². The molecule has 0 aromatic heterocycles. The molecule has 1 aromatic carbocycles. The maximum Gasteiger partial charge on any atom is 0.410 e. The van der Waals surface area contributed by atoms with Gasteiger partial charge < -0.3 is 14.4 Å². The average Bonchev–Trinajstić information content (AvgIpc) is 2.83. The van der Waals surface area contributed by atoms with Crippen molar-refractivity contribution in [3.05, 3.63) is 29.6 Å². The number of halogens is 1. The van der Waals surface area contributed by atoms with Gasteiger partial charge in [0, 0.05) is 23.6 Å². The van der Waals surface area contributed by atoms with Gasteiger partial charge in [-0.1, -0.05) is 0 Å². The van der Waals surface area contributed by atoms with Crippen molar-refractivity contribution < 1.29 is 23.5 Å². The van der Waals surface area contributed by atoms with E-state index in [4.69, 9.17) is 9.47 Å². The number of nitrogens with zero attached hydrogens (tertiary/aromatic N) is 1. The van der Waals surface area contributed by atoms with Gasteiger partial charge in [0.15, 0.2) is 17.3 Å². The number of carbonyl (C=O) groups is 2. The van der Waals surface area contributed by atoms with Crippen LogP contribution in [0.4, 0.5) is 9.18 Å². The normalized spacial score (nSPS) is 25.1. The second kappa shape index (κ2) is 6.89. The molecule has 5 nitrogen and oxygen atoms in total. The number of rotatable bonds is 3. The first-order chi connectivity index (χ1) is 12.2. The Bertz CT molecular complexity index is 698. The molecule has 2 aliphatic heterocycles. The molecule has 2 unspecified atom stereocenters. The fraction of sp³-hybridized carbons (Fsp3) is 0.600. The van der Waals surface area contributed by atoms with Crippen LogP contribution in [0, 0.1) is 11.7 Å². The summed E-state index contributed by atoms with van der Waals surface area (Å²) in [6, 6.07) is 4.35. The highest BCUT2D eigenvalue weighted by Crippen LogP contribution is 2.40. The highest BCUT2D eigenvalue weighted by Gasteiger charge is 2.46. The molecule has 0 N–H and O–H groups in total. The van der Waals surface area contributed by atoms with Crippen molar-refractivity contribution in [1.82, 2.24) is 4.90 Å². The number of Topliss-reactive ketones (excluding diaryl/α,β-unsaturated/α-hetero) is 1. The molecular formula is C20H26FNO4. The smallest absolute Gasteiger partial charge is 0.410 e. The molecule has 2 saturated heterocycles. The van der Waals surface area contributed by atoms with Gasteiger partial charge in [-0.3, -0.25) is 4.79 Å². The second-order valence-corrected chi connectivity index (χ2v) is 8.15. The average molecular weight is 363 g/mol. The minimum absolute atomic E-state index is 0.0145. The van der Waals surface area contributed by atoms with Crippen LogP contribution in [0.5, 0.6) is 5.75 Å². The summed E-state index contributed by atoms with van der Waals surface area (Å²) in [4.78, 5) is 27.1. The van der Waals surface area contributed by atoms with E-state index in [1.807, 2.05) is 25.7 Å². The van der Waals surface area contributed by atoms with Gasteiger partial charge in [0.05, 0.1) is 7.11 Å². The van der Waals surface area contributed by atoms with Crippen LogP contribution >= 0.6 is 0 Å². The fourth-order valence-electron chi connectivity index (χ4n) is 4.06. The molecule has 2 atom stereocenters. The Morgan fingerprint density at radius 2 is 1.77 bits per heavy atom. The number of ether oxygens (including phenoxy) is 2. The quantitative estimate of drug-likeness (QED) is 0.756. The third-order valence-corrected chi connectivity index (χ3v) is 5.14. The number of carbonyl (C=O) groups excluding carboxylic acids is 2. The van der Waals surface area contributed by atoms with Crippen LogP contribution in [0.3, 0.4) is 0 Å². The van der Waals surface area contributed by atoms with Gasteiger partial charge in [-0.2, -0.15) is 0 Å². The molecule has 6 heteroatoms. The van der Waals surface area contributed by atoms with E-state index in [1.165, 1.54) is 19.2 Å². The van der Waals surface area contributed by atoms with Gasteiger partial charge in [0.2, 0.25) is 0 Å². The van der Waals surface area contributed by atoms with Gasteiger partial charge in [0.25, 0.3) is 0 Å². The van der Waals surface area contributed by atoms with E-state index >= 15 is 0 Å². The summed E-state index contributed by atoms with van der Waals surface area (Å²) in [6.07, 6.45) is 2.66. The Morgan fingerprint density at radius 3 is 2.27 bits per heavy atom. The topological polar surface area (TPSA) is 55.8 Å². The zero-order chi connectivity index (χ0) is 19.1. The Hall–Kier alpha value is -2.11. The summed E-state index contributed by atoms with van der Waals surface area (Å²) in [5, 5.41) is 0. The van der Waals surface area contributed by atoms with Gasteiger partial charge in [0.1, 0.15) is 5.60 Å². The summed E-state index contributed by atoms with van der Waals surface area (Å²) in [5.74, 6) is -0.667. The summed E-state index contributed by atoms with van der Waals surface area (Å²) in [7, 11) is 1.39. The van der Waals surface area contributed by atoms with E-state index in [9.17, 15) is 14.0 Å². The predicted octanol–water partition coefficient (Wildman–Crippen LogP) is 4.20. The first kappa shape index (κ1) is 18.7. The van der Waals surface area contributed by atoms with E-state index in [-0.39, 0.29) is 35.6 Å². The van der Waals surface area contributed by atoms with Gasteiger partial charge in [-0.15, -0.1) is 0 Å². The van der Waals surface area contributed by atoms with Crippen molar-refractivity contribution in [1.29, 1.82) is 0 Å². The van der Waals surface area contributed by atoms with Crippen molar-refractivity contribution in [3.63, 3.8) is 0 Å². The lowest BCUT2D eigenvalue weighted by atomic mass is 9.85. The van der Waals surface area contributed by atoms with Crippen molar-refractivity contribution in [3.8, 4) is 5.75 Å². The van der Waals surface area contributed by atoms with E-state index in [2.05, 4.69) is 0 Å². The predicted molar refractivity (Wildman–Crippen MR) is 94.9 cm³/mol. The number of ketones is 1. The fourth-order valence-corrected chi connectivity index (χ4v) is 4.06. The minimum Gasteiger partial charge on any atom is -0.494 e. The van der Waals surface area contributed by atoms with E-state index in [1.54, 1.807) is 6.07 Å². The molecule has 3 rings (SSSR count). The monoisotopic (exact) mass is 363 g/mol. The van der Waals surface area contributed by atoms with E-state index < -0.39 is 11.4 Å². The highest BCUT2D eigenvalue weighted by atomic mass is 19.1. The Labute approximate surface area is 153 Å². The van der Waals surface area contributed by atoms with Crippen LogP contribution < -0.4 is 4.74 Å². The zero-order valence-electron chi connectivity index (χ0n) is 15.8. The molecular weight excluding hydrogens is 337 g/mol. The number of hydrogen-bond donors (Lipinski definition) is 0. The van der Waals surface area contributed by atoms with Crippen molar-refractivity contribution >= 4 is 11.9 Å². The largest absolute Gasteiger partial charge is 0.494 e. The Balaban J connectivity index is 1.71. The highest BCUT2D eigenvalue weighted by molar-refractivity contribution is 5.98. The molecule has 142 valence electrons.